The van der Waals surface area contributed by atoms with Gasteiger partial charge in [-0.25, -0.2) is 0 Å². The molecule has 3 heteroatoms. The zero-order valence-corrected chi connectivity index (χ0v) is 12.5. The molecule has 0 bridgehead atoms. The molecule has 0 N–H and O–H groups in total. The van der Waals surface area contributed by atoms with Gasteiger partial charge in [0.25, 0.3) is 0 Å². The van der Waals surface area contributed by atoms with Crippen molar-refractivity contribution in [2.24, 2.45) is 0 Å². The molecule has 0 unspecified atom stereocenters. The van der Waals surface area contributed by atoms with E-state index in [-0.39, 0.29) is 5.78 Å². The van der Waals surface area contributed by atoms with E-state index in [1.54, 1.807) is 36.0 Å². The number of rotatable bonds is 4. The number of aryl methyl sites for hydroxylation is 1. The van der Waals surface area contributed by atoms with Crippen molar-refractivity contribution >= 4 is 29.1 Å². The third-order valence-electron chi connectivity index (χ3n) is 3.02. The molecule has 1 nitrogen and oxygen atoms in total. The normalized spacial score (nSPS) is 10.5. The molecule has 0 aromatic heterocycles. The van der Waals surface area contributed by atoms with E-state index in [0.29, 0.717) is 10.6 Å². The highest BCUT2D eigenvalue weighted by Crippen LogP contribution is 2.25. The van der Waals surface area contributed by atoms with E-state index in [0.717, 1.165) is 16.9 Å². The lowest BCUT2D eigenvalue weighted by Crippen LogP contribution is -2.04. The zero-order chi connectivity index (χ0) is 13.8. The minimum atomic E-state index is 0.0521. The van der Waals surface area contributed by atoms with Gasteiger partial charge in [0.2, 0.25) is 0 Å². The van der Waals surface area contributed by atoms with Gasteiger partial charge in [0.1, 0.15) is 0 Å². The fourth-order valence-corrected chi connectivity index (χ4v) is 2.61. The topological polar surface area (TPSA) is 17.1 Å². The highest BCUT2D eigenvalue weighted by Gasteiger charge is 2.13. The Labute approximate surface area is 123 Å². The number of benzene rings is 2. The molecule has 0 amide bonds. The first-order chi connectivity index (χ1) is 9.15. The summed E-state index contributed by atoms with van der Waals surface area (Å²) in [5, 5.41) is 0.643. The summed E-state index contributed by atoms with van der Waals surface area (Å²) in [6.45, 7) is 2.09. The minimum absolute atomic E-state index is 0.0521. The third kappa shape index (κ3) is 3.20. The summed E-state index contributed by atoms with van der Waals surface area (Å²) in [7, 11) is 0. The van der Waals surface area contributed by atoms with Gasteiger partial charge in [0.05, 0.1) is 0 Å². The van der Waals surface area contributed by atoms with Crippen molar-refractivity contribution in [3.63, 3.8) is 0 Å². The van der Waals surface area contributed by atoms with Crippen LogP contribution in [0.15, 0.2) is 47.4 Å². The number of halogens is 1. The van der Waals surface area contributed by atoms with E-state index in [1.165, 1.54) is 5.56 Å². The van der Waals surface area contributed by atoms with E-state index >= 15 is 0 Å². The maximum absolute atomic E-state index is 12.5. The SMILES string of the molecule is CCc1ccc(SC)c(C(=O)c2ccc(Cl)cc2)c1. The summed E-state index contributed by atoms with van der Waals surface area (Å²) >= 11 is 7.45. The average molecular weight is 291 g/mol. The summed E-state index contributed by atoms with van der Waals surface area (Å²) in [4.78, 5) is 13.6. The van der Waals surface area contributed by atoms with Crippen molar-refractivity contribution in [3.05, 3.63) is 64.2 Å². The number of carbonyl (C=O) groups excluding carboxylic acids is 1. The second-order valence-corrected chi connectivity index (χ2v) is 5.51. The van der Waals surface area contributed by atoms with Crippen LogP contribution in [0.3, 0.4) is 0 Å². The van der Waals surface area contributed by atoms with Gasteiger partial charge >= 0.3 is 0 Å². The monoisotopic (exact) mass is 290 g/mol. The van der Waals surface area contributed by atoms with Crippen molar-refractivity contribution in [1.82, 2.24) is 0 Å². The Kier molecular flexibility index (Phi) is 4.67. The number of hydrogen-bond acceptors (Lipinski definition) is 2. The molecule has 0 aliphatic rings. The molecular weight excluding hydrogens is 276 g/mol. The number of hydrogen-bond donors (Lipinski definition) is 0. The molecule has 0 aliphatic carbocycles. The van der Waals surface area contributed by atoms with Gasteiger partial charge in [-0.05, 0) is 54.6 Å². The van der Waals surface area contributed by atoms with E-state index < -0.39 is 0 Å². The van der Waals surface area contributed by atoms with Crippen LogP contribution < -0.4 is 0 Å². The van der Waals surface area contributed by atoms with Gasteiger partial charge < -0.3 is 0 Å². The van der Waals surface area contributed by atoms with Crippen LogP contribution in [0.5, 0.6) is 0 Å². The number of thioether (sulfide) groups is 1. The lowest BCUT2D eigenvalue weighted by atomic mass is 10.0. The quantitative estimate of drug-likeness (QED) is 0.591. The van der Waals surface area contributed by atoms with Gasteiger partial charge in [-0.2, -0.15) is 0 Å². The standard InChI is InChI=1S/C16H15ClOS/c1-3-11-4-9-15(19-2)14(10-11)16(18)12-5-7-13(17)8-6-12/h4-10H,3H2,1-2H3. The Morgan fingerprint density at radius 1 is 1.16 bits per heavy atom. The van der Waals surface area contributed by atoms with Crippen molar-refractivity contribution in [2.45, 2.75) is 18.2 Å². The Morgan fingerprint density at radius 2 is 1.84 bits per heavy atom. The summed E-state index contributed by atoms with van der Waals surface area (Å²) in [6.07, 6.45) is 2.91. The molecule has 0 heterocycles. The van der Waals surface area contributed by atoms with E-state index in [1.807, 2.05) is 18.4 Å². The Hall–Kier alpha value is -1.25. The molecule has 0 aliphatic heterocycles. The van der Waals surface area contributed by atoms with Crippen LogP contribution in [-0.4, -0.2) is 12.0 Å². The van der Waals surface area contributed by atoms with Crippen molar-refractivity contribution in [3.8, 4) is 0 Å². The molecule has 0 radical (unpaired) electrons. The Morgan fingerprint density at radius 3 is 2.42 bits per heavy atom. The lowest BCUT2D eigenvalue weighted by molar-refractivity contribution is 0.103. The van der Waals surface area contributed by atoms with Crippen LogP contribution in [0.2, 0.25) is 5.02 Å². The van der Waals surface area contributed by atoms with Gasteiger partial charge in [-0.3, -0.25) is 4.79 Å². The highest BCUT2D eigenvalue weighted by atomic mass is 35.5. The fraction of sp³-hybridized carbons (Fsp3) is 0.188. The molecule has 2 aromatic carbocycles. The van der Waals surface area contributed by atoms with E-state index in [4.69, 9.17) is 11.6 Å². The van der Waals surface area contributed by atoms with Gasteiger partial charge in [-0.1, -0.05) is 24.6 Å². The van der Waals surface area contributed by atoms with Crippen LogP contribution in [0, 0.1) is 0 Å². The molecular formula is C16H15ClOS. The van der Waals surface area contributed by atoms with Gasteiger partial charge in [-0.15, -0.1) is 11.8 Å². The number of carbonyl (C=O) groups is 1. The van der Waals surface area contributed by atoms with Crippen LogP contribution in [-0.2, 0) is 6.42 Å². The first-order valence-corrected chi connectivity index (χ1v) is 7.73. The lowest BCUT2D eigenvalue weighted by Gasteiger charge is -2.09. The summed E-state index contributed by atoms with van der Waals surface area (Å²) in [5.41, 5.74) is 2.62. The second-order valence-electron chi connectivity index (χ2n) is 4.22. The Bertz CT molecular complexity index is 590. The maximum atomic E-state index is 12.5. The van der Waals surface area contributed by atoms with Crippen molar-refractivity contribution < 1.29 is 4.79 Å². The zero-order valence-electron chi connectivity index (χ0n) is 10.9. The van der Waals surface area contributed by atoms with Crippen LogP contribution in [0.1, 0.15) is 28.4 Å². The van der Waals surface area contributed by atoms with Crippen molar-refractivity contribution in [2.75, 3.05) is 6.26 Å². The minimum Gasteiger partial charge on any atom is -0.289 e. The van der Waals surface area contributed by atoms with Crippen LogP contribution in [0.25, 0.3) is 0 Å². The molecule has 0 spiro atoms. The smallest absolute Gasteiger partial charge is 0.194 e. The van der Waals surface area contributed by atoms with E-state index in [2.05, 4.69) is 13.0 Å². The molecule has 0 saturated heterocycles. The largest absolute Gasteiger partial charge is 0.289 e. The van der Waals surface area contributed by atoms with Crippen LogP contribution >= 0.6 is 23.4 Å². The summed E-state index contributed by atoms with van der Waals surface area (Å²) in [6, 6.07) is 13.1. The molecule has 98 valence electrons. The fourth-order valence-electron chi connectivity index (χ4n) is 1.91. The molecule has 0 saturated carbocycles. The molecule has 19 heavy (non-hydrogen) atoms. The van der Waals surface area contributed by atoms with Crippen molar-refractivity contribution in [1.29, 1.82) is 0 Å². The molecule has 2 aromatic rings. The first-order valence-electron chi connectivity index (χ1n) is 6.13. The third-order valence-corrected chi connectivity index (χ3v) is 4.07. The van der Waals surface area contributed by atoms with E-state index in [9.17, 15) is 4.79 Å². The molecule has 0 atom stereocenters. The molecule has 0 fully saturated rings. The van der Waals surface area contributed by atoms with Gasteiger partial charge in [0.15, 0.2) is 5.78 Å². The molecule has 2 rings (SSSR count). The highest BCUT2D eigenvalue weighted by molar-refractivity contribution is 7.98. The second kappa shape index (κ2) is 6.27. The summed E-state index contributed by atoms with van der Waals surface area (Å²) < 4.78 is 0. The Balaban J connectivity index is 2.44. The first kappa shape index (κ1) is 14.2. The predicted molar refractivity (Wildman–Crippen MR) is 82.5 cm³/mol. The average Bonchev–Trinajstić information content (AvgIpc) is 2.46. The maximum Gasteiger partial charge on any atom is 0.194 e. The number of ketones is 1. The predicted octanol–water partition coefficient (Wildman–Crippen LogP) is 4.86. The van der Waals surface area contributed by atoms with Crippen LogP contribution in [0.4, 0.5) is 0 Å². The van der Waals surface area contributed by atoms with Gasteiger partial charge in [0, 0.05) is 21.0 Å². The summed E-state index contributed by atoms with van der Waals surface area (Å²) in [5.74, 6) is 0.0521.